The predicted octanol–water partition coefficient (Wildman–Crippen LogP) is 2.18. The molecule has 2 aromatic rings. The summed E-state index contributed by atoms with van der Waals surface area (Å²) in [7, 11) is -3.75. The van der Waals surface area contributed by atoms with E-state index in [-0.39, 0.29) is 17.0 Å². The summed E-state index contributed by atoms with van der Waals surface area (Å²) >= 11 is 0. The summed E-state index contributed by atoms with van der Waals surface area (Å²) < 4.78 is 26.8. The lowest BCUT2D eigenvalue weighted by molar-refractivity contribution is -0.119. The van der Waals surface area contributed by atoms with Gasteiger partial charge < -0.3 is 10.4 Å². The van der Waals surface area contributed by atoms with Gasteiger partial charge in [0.1, 0.15) is 6.04 Å². The smallest absolute Gasteiger partial charge is 0.335 e. The molecule has 7 nitrogen and oxygen atoms in total. The van der Waals surface area contributed by atoms with Gasteiger partial charge in [-0.1, -0.05) is 18.2 Å². The molecule has 2 aromatic carbocycles. The van der Waals surface area contributed by atoms with Gasteiger partial charge in [-0.25, -0.2) is 13.2 Å². The fourth-order valence-electron chi connectivity index (χ4n) is 2.94. The first-order valence-electron chi connectivity index (χ1n) is 8.11. The van der Waals surface area contributed by atoms with Gasteiger partial charge in [0.15, 0.2) is 0 Å². The third-order valence-corrected chi connectivity index (χ3v) is 6.18. The first-order chi connectivity index (χ1) is 12.4. The molecule has 1 atom stereocenters. The van der Waals surface area contributed by atoms with E-state index in [0.29, 0.717) is 18.5 Å². The van der Waals surface area contributed by atoms with Crippen LogP contribution in [-0.2, 0) is 14.8 Å². The van der Waals surface area contributed by atoms with Crippen molar-refractivity contribution in [2.24, 2.45) is 0 Å². The van der Waals surface area contributed by atoms with Crippen LogP contribution >= 0.6 is 0 Å². The minimum atomic E-state index is -3.75. The fourth-order valence-corrected chi connectivity index (χ4v) is 4.62. The van der Waals surface area contributed by atoms with E-state index in [2.05, 4.69) is 5.32 Å². The Morgan fingerprint density at radius 2 is 1.69 bits per heavy atom. The van der Waals surface area contributed by atoms with Crippen molar-refractivity contribution in [1.29, 1.82) is 0 Å². The number of carbonyl (C=O) groups is 2. The second kappa shape index (κ2) is 7.27. The highest BCUT2D eigenvalue weighted by Crippen LogP contribution is 2.27. The molecular formula is C18H18N2O5S. The zero-order valence-corrected chi connectivity index (χ0v) is 14.6. The summed E-state index contributed by atoms with van der Waals surface area (Å²) in [4.78, 5) is 23.6. The van der Waals surface area contributed by atoms with E-state index in [1.54, 1.807) is 18.2 Å². The molecule has 1 amide bonds. The minimum absolute atomic E-state index is 0.108. The summed E-state index contributed by atoms with van der Waals surface area (Å²) in [6.45, 7) is 0.285. The van der Waals surface area contributed by atoms with Crippen LogP contribution in [0.15, 0.2) is 59.5 Å². The highest BCUT2D eigenvalue weighted by Gasteiger charge is 2.39. The van der Waals surface area contributed by atoms with Crippen LogP contribution in [0.3, 0.4) is 0 Å². The molecule has 0 radical (unpaired) electrons. The predicted molar refractivity (Wildman–Crippen MR) is 95.4 cm³/mol. The molecule has 8 heteroatoms. The van der Waals surface area contributed by atoms with Crippen LogP contribution in [-0.4, -0.2) is 42.3 Å². The van der Waals surface area contributed by atoms with Crippen molar-refractivity contribution in [2.75, 3.05) is 11.9 Å². The number of rotatable bonds is 5. The second-order valence-electron chi connectivity index (χ2n) is 5.96. The van der Waals surface area contributed by atoms with Crippen LogP contribution in [0.1, 0.15) is 23.2 Å². The third kappa shape index (κ3) is 3.61. The van der Waals surface area contributed by atoms with Gasteiger partial charge in [0.25, 0.3) is 0 Å². The normalized spacial score (nSPS) is 17.8. The van der Waals surface area contributed by atoms with E-state index in [4.69, 9.17) is 5.11 Å². The maximum absolute atomic E-state index is 12.8. The number of benzene rings is 2. The van der Waals surface area contributed by atoms with Gasteiger partial charge in [-0.2, -0.15) is 4.31 Å². The highest BCUT2D eigenvalue weighted by molar-refractivity contribution is 7.89. The SMILES string of the molecule is O=C(O)c1ccc(NC(=O)[C@@H]2CCCN2S(=O)(=O)c2ccccc2)cc1. The number of carboxylic acid groups (broad SMARTS) is 1. The molecule has 1 saturated heterocycles. The van der Waals surface area contributed by atoms with Crippen LogP contribution < -0.4 is 5.32 Å². The van der Waals surface area contributed by atoms with Gasteiger partial charge in [-0.05, 0) is 49.2 Å². The fraction of sp³-hybridized carbons (Fsp3) is 0.222. The number of hydrogen-bond acceptors (Lipinski definition) is 4. The molecule has 2 N–H and O–H groups in total. The topological polar surface area (TPSA) is 104 Å². The molecule has 26 heavy (non-hydrogen) atoms. The molecule has 1 aliphatic heterocycles. The summed E-state index contributed by atoms with van der Waals surface area (Å²) in [5, 5.41) is 11.6. The number of sulfonamides is 1. The molecule has 136 valence electrons. The molecule has 0 unspecified atom stereocenters. The Morgan fingerprint density at radius 3 is 2.31 bits per heavy atom. The highest BCUT2D eigenvalue weighted by atomic mass is 32.2. The minimum Gasteiger partial charge on any atom is -0.478 e. The van der Waals surface area contributed by atoms with E-state index in [9.17, 15) is 18.0 Å². The van der Waals surface area contributed by atoms with Gasteiger partial charge in [0.05, 0.1) is 10.5 Å². The van der Waals surface area contributed by atoms with Gasteiger partial charge in [0, 0.05) is 12.2 Å². The maximum atomic E-state index is 12.8. The third-order valence-electron chi connectivity index (χ3n) is 4.26. The lowest BCUT2D eigenvalue weighted by Gasteiger charge is -2.23. The molecule has 1 fully saturated rings. The van der Waals surface area contributed by atoms with Gasteiger partial charge in [-0.3, -0.25) is 4.79 Å². The van der Waals surface area contributed by atoms with Crippen molar-refractivity contribution < 1.29 is 23.1 Å². The van der Waals surface area contributed by atoms with Gasteiger partial charge in [0.2, 0.25) is 15.9 Å². The van der Waals surface area contributed by atoms with Crippen LogP contribution in [0.25, 0.3) is 0 Å². The first kappa shape index (κ1) is 18.1. The van der Waals surface area contributed by atoms with Crippen LogP contribution in [0.2, 0.25) is 0 Å². The Morgan fingerprint density at radius 1 is 1.04 bits per heavy atom. The summed E-state index contributed by atoms with van der Waals surface area (Å²) in [6, 6.07) is 13.0. The van der Waals surface area contributed by atoms with Gasteiger partial charge >= 0.3 is 5.97 Å². The number of carboxylic acids is 1. The van der Waals surface area contributed by atoms with E-state index < -0.39 is 27.9 Å². The largest absolute Gasteiger partial charge is 0.478 e. The molecule has 1 aliphatic rings. The number of aromatic carboxylic acids is 1. The van der Waals surface area contributed by atoms with Crippen LogP contribution in [0.4, 0.5) is 5.69 Å². The summed E-state index contributed by atoms with van der Waals surface area (Å²) in [5.74, 6) is -1.48. The number of nitrogens with zero attached hydrogens (tertiary/aromatic N) is 1. The van der Waals surface area contributed by atoms with Crippen LogP contribution in [0, 0.1) is 0 Å². The van der Waals surface area contributed by atoms with Crippen LogP contribution in [0.5, 0.6) is 0 Å². The van der Waals surface area contributed by atoms with E-state index >= 15 is 0 Å². The molecular weight excluding hydrogens is 356 g/mol. The zero-order valence-electron chi connectivity index (χ0n) is 13.8. The average molecular weight is 374 g/mol. The second-order valence-corrected chi connectivity index (χ2v) is 7.85. The Hall–Kier alpha value is -2.71. The standard InChI is InChI=1S/C18H18N2O5S/c21-17(19-14-10-8-13(9-11-14)18(22)23)16-7-4-12-20(16)26(24,25)15-5-2-1-3-6-15/h1-3,5-6,8-11,16H,4,7,12H2,(H,19,21)(H,22,23)/t16-/m0/s1. The Bertz CT molecular complexity index is 910. The number of hydrogen-bond donors (Lipinski definition) is 2. The van der Waals surface area contributed by atoms with Gasteiger partial charge in [-0.15, -0.1) is 0 Å². The lowest BCUT2D eigenvalue weighted by atomic mass is 10.2. The van der Waals surface area contributed by atoms with E-state index in [1.807, 2.05) is 0 Å². The number of carbonyl (C=O) groups excluding carboxylic acids is 1. The molecule has 0 aromatic heterocycles. The lowest BCUT2D eigenvalue weighted by Crippen LogP contribution is -2.43. The Labute approximate surface area is 151 Å². The molecule has 0 bridgehead atoms. The molecule has 1 heterocycles. The van der Waals surface area contributed by atoms with E-state index in [0.717, 1.165) is 0 Å². The van der Waals surface area contributed by atoms with Crippen molar-refractivity contribution in [3.8, 4) is 0 Å². The zero-order chi connectivity index (χ0) is 18.7. The van der Waals surface area contributed by atoms with E-state index in [1.165, 1.54) is 40.7 Å². The molecule has 0 spiro atoms. The molecule has 0 aliphatic carbocycles. The summed E-state index contributed by atoms with van der Waals surface area (Å²) in [5.41, 5.74) is 0.529. The first-order valence-corrected chi connectivity index (χ1v) is 9.55. The molecule has 0 saturated carbocycles. The average Bonchev–Trinajstić information content (AvgIpc) is 3.14. The Kier molecular flexibility index (Phi) is 5.06. The number of nitrogens with one attached hydrogen (secondary N) is 1. The van der Waals surface area contributed by atoms with Crippen molar-refractivity contribution >= 4 is 27.6 Å². The number of anilines is 1. The van der Waals surface area contributed by atoms with Crippen molar-refractivity contribution in [2.45, 2.75) is 23.8 Å². The quantitative estimate of drug-likeness (QED) is 0.835. The number of amides is 1. The maximum Gasteiger partial charge on any atom is 0.335 e. The van der Waals surface area contributed by atoms with Crippen molar-refractivity contribution in [3.05, 3.63) is 60.2 Å². The van der Waals surface area contributed by atoms with Crippen molar-refractivity contribution in [1.82, 2.24) is 4.31 Å². The molecule has 3 rings (SSSR count). The summed E-state index contributed by atoms with van der Waals surface area (Å²) in [6.07, 6.45) is 1.03. The monoisotopic (exact) mass is 374 g/mol. The Balaban J connectivity index is 1.77. The van der Waals surface area contributed by atoms with Crippen molar-refractivity contribution in [3.63, 3.8) is 0 Å².